The number of hydrogen-bond donors (Lipinski definition) is 1. The van der Waals surface area contributed by atoms with E-state index < -0.39 is 0 Å². The highest BCUT2D eigenvalue weighted by atomic mass is 16.5. The predicted molar refractivity (Wildman–Crippen MR) is 114 cm³/mol. The number of hydrogen-bond acceptors (Lipinski definition) is 4. The molecular formula is C23H26N2O4. The van der Waals surface area contributed by atoms with E-state index in [1.54, 1.807) is 19.2 Å². The number of nitrogens with one attached hydrogen (secondary N) is 1. The van der Waals surface area contributed by atoms with Gasteiger partial charge in [-0.25, -0.2) is 0 Å². The lowest BCUT2D eigenvalue weighted by atomic mass is 10.1. The third kappa shape index (κ3) is 4.42. The summed E-state index contributed by atoms with van der Waals surface area (Å²) in [5.74, 6) is 0.421. The number of carbonyl (C=O) groups is 2. The number of benzene rings is 2. The van der Waals surface area contributed by atoms with Crippen LogP contribution >= 0.6 is 0 Å². The fraction of sp³-hybridized carbons (Fsp3) is 0.304. The number of ether oxygens (including phenoxy) is 1. The first-order valence-electron chi connectivity index (χ1n) is 9.66. The van der Waals surface area contributed by atoms with Crippen molar-refractivity contribution in [3.63, 3.8) is 0 Å². The van der Waals surface area contributed by atoms with E-state index >= 15 is 0 Å². The molecule has 6 nitrogen and oxygen atoms in total. The minimum Gasteiger partial charge on any atom is -0.497 e. The minimum atomic E-state index is -0.292. The second kappa shape index (κ2) is 8.82. The molecule has 3 rings (SSSR count). The number of fused-ring (bicyclic) bond motifs is 1. The summed E-state index contributed by atoms with van der Waals surface area (Å²) in [6, 6.07) is 13.0. The summed E-state index contributed by atoms with van der Waals surface area (Å²) >= 11 is 0. The summed E-state index contributed by atoms with van der Waals surface area (Å²) < 4.78 is 11.1. The van der Waals surface area contributed by atoms with E-state index in [-0.39, 0.29) is 24.1 Å². The molecule has 152 valence electrons. The van der Waals surface area contributed by atoms with E-state index in [4.69, 9.17) is 9.15 Å². The smallest absolute Gasteiger partial charge is 0.290 e. The Kier molecular flexibility index (Phi) is 6.22. The SMILES string of the molecule is CCCN(CC(=O)Nc1ccccc1C)C(=O)c1oc2ccc(OC)cc2c1C. The van der Waals surface area contributed by atoms with Crippen molar-refractivity contribution in [1.29, 1.82) is 0 Å². The van der Waals surface area contributed by atoms with E-state index in [2.05, 4.69) is 5.32 Å². The Morgan fingerprint density at radius 3 is 2.59 bits per heavy atom. The molecule has 3 aromatic rings. The van der Waals surface area contributed by atoms with Crippen LogP contribution in [0.2, 0.25) is 0 Å². The van der Waals surface area contributed by atoms with Gasteiger partial charge in [0.1, 0.15) is 17.9 Å². The van der Waals surface area contributed by atoms with Crippen molar-refractivity contribution >= 4 is 28.5 Å². The molecule has 0 spiro atoms. The van der Waals surface area contributed by atoms with Crippen molar-refractivity contribution in [2.24, 2.45) is 0 Å². The molecule has 1 heterocycles. The number of furan rings is 1. The quantitative estimate of drug-likeness (QED) is 0.638. The second-order valence-corrected chi connectivity index (χ2v) is 7.01. The maximum absolute atomic E-state index is 13.2. The molecule has 2 amide bonds. The van der Waals surface area contributed by atoms with Gasteiger partial charge in [-0.15, -0.1) is 0 Å². The van der Waals surface area contributed by atoms with Crippen molar-refractivity contribution in [3.05, 3.63) is 59.4 Å². The van der Waals surface area contributed by atoms with Crippen LogP contribution in [0.4, 0.5) is 5.69 Å². The van der Waals surface area contributed by atoms with Gasteiger partial charge in [-0.05, 0) is 50.1 Å². The van der Waals surface area contributed by atoms with Crippen LogP contribution in [0, 0.1) is 13.8 Å². The highest BCUT2D eigenvalue weighted by molar-refractivity contribution is 6.02. The lowest BCUT2D eigenvalue weighted by Gasteiger charge is -2.21. The normalized spacial score (nSPS) is 10.8. The van der Waals surface area contributed by atoms with Crippen molar-refractivity contribution in [3.8, 4) is 5.75 Å². The Balaban J connectivity index is 1.82. The average molecular weight is 394 g/mol. The predicted octanol–water partition coefficient (Wildman–Crippen LogP) is 4.55. The third-order valence-corrected chi connectivity index (χ3v) is 4.87. The van der Waals surface area contributed by atoms with Crippen LogP contribution in [-0.4, -0.2) is 36.9 Å². The van der Waals surface area contributed by atoms with Gasteiger partial charge >= 0.3 is 0 Å². The molecule has 2 aromatic carbocycles. The van der Waals surface area contributed by atoms with Gasteiger partial charge in [0.15, 0.2) is 5.76 Å². The van der Waals surface area contributed by atoms with Crippen LogP contribution in [-0.2, 0) is 4.79 Å². The average Bonchev–Trinajstić information content (AvgIpc) is 3.04. The number of amides is 2. The number of aryl methyl sites for hydroxylation is 2. The van der Waals surface area contributed by atoms with E-state index in [0.29, 0.717) is 17.9 Å². The Labute approximate surface area is 170 Å². The van der Waals surface area contributed by atoms with Gasteiger partial charge in [0, 0.05) is 23.2 Å². The van der Waals surface area contributed by atoms with Gasteiger partial charge in [0.05, 0.1) is 7.11 Å². The van der Waals surface area contributed by atoms with Crippen molar-refractivity contribution in [1.82, 2.24) is 4.90 Å². The first kappa shape index (κ1) is 20.5. The van der Waals surface area contributed by atoms with Crippen LogP contribution in [0.25, 0.3) is 11.0 Å². The summed E-state index contributed by atoms with van der Waals surface area (Å²) in [6.45, 7) is 6.16. The Morgan fingerprint density at radius 1 is 1.14 bits per heavy atom. The lowest BCUT2D eigenvalue weighted by molar-refractivity contribution is -0.116. The zero-order valence-electron chi connectivity index (χ0n) is 17.2. The van der Waals surface area contributed by atoms with Crippen LogP contribution in [0.15, 0.2) is 46.9 Å². The largest absolute Gasteiger partial charge is 0.497 e. The number of anilines is 1. The molecule has 0 aliphatic heterocycles. The number of nitrogens with zero attached hydrogens (tertiary/aromatic N) is 1. The molecule has 0 atom stereocenters. The van der Waals surface area contributed by atoms with E-state index in [9.17, 15) is 9.59 Å². The van der Waals surface area contributed by atoms with E-state index in [0.717, 1.165) is 28.6 Å². The number of rotatable bonds is 7. The minimum absolute atomic E-state index is 0.0409. The monoisotopic (exact) mass is 394 g/mol. The number of methoxy groups -OCH3 is 1. The summed E-state index contributed by atoms with van der Waals surface area (Å²) in [5, 5.41) is 3.71. The molecule has 0 aliphatic rings. The molecule has 1 N–H and O–H groups in total. The summed E-state index contributed by atoms with van der Waals surface area (Å²) in [4.78, 5) is 27.3. The molecule has 0 radical (unpaired) electrons. The Hall–Kier alpha value is -3.28. The topological polar surface area (TPSA) is 71.8 Å². The molecule has 1 aromatic heterocycles. The lowest BCUT2D eigenvalue weighted by Crippen LogP contribution is -2.38. The van der Waals surface area contributed by atoms with Crippen molar-refractivity contribution < 1.29 is 18.7 Å². The molecule has 0 aliphatic carbocycles. The maximum atomic E-state index is 13.2. The van der Waals surface area contributed by atoms with E-state index in [1.807, 2.05) is 51.1 Å². The molecule has 0 unspecified atom stereocenters. The first-order chi connectivity index (χ1) is 13.9. The Bertz CT molecular complexity index is 1040. The van der Waals surface area contributed by atoms with E-state index in [1.165, 1.54) is 4.90 Å². The second-order valence-electron chi connectivity index (χ2n) is 7.01. The summed E-state index contributed by atoms with van der Waals surface area (Å²) in [7, 11) is 1.60. The van der Waals surface area contributed by atoms with Crippen molar-refractivity contribution in [2.45, 2.75) is 27.2 Å². The molecular weight excluding hydrogens is 368 g/mol. The molecule has 0 fully saturated rings. The van der Waals surface area contributed by atoms with Gasteiger partial charge in [-0.1, -0.05) is 25.1 Å². The van der Waals surface area contributed by atoms with Gasteiger partial charge in [0.25, 0.3) is 5.91 Å². The zero-order valence-corrected chi connectivity index (χ0v) is 17.2. The van der Waals surface area contributed by atoms with Crippen LogP contribution in [0.5, 0.6) is 5.75 Å². The molecule has 0 saturated carbocycles. The summed E-state index contributed by atoms with van der Waals surface area (Å²) in [5.41, 5.74) is 3.07. The maximum Gasteiger partial charge on any atom is 0.290 e. The fourth-order valence-electron chi connectivity index (χ4n) is 3.27. The first-order valence-corrected chi connectivity index (χ1v) is 9.66. The third-order valence-electron chi connectivity index (χ3n) is 4.87. The fourth-order valence-corrected chi connectivity index (χ4v) is 3.27. The van der Waals surface area contributed by atoms with Gasteiger partial charge < -0.3 is 19.4 Å². The molecule has 6 heteroatoms. The van der Waals surface area contributed by atoms with Gasteiger partial charge in [-0.3, -0.25) is 9.59 Å². The standard InChI is InChI=1S/C23H26N2O4/c1-5-12-25(14-21(26)24-19-9-7-6-8-15(19)2)23(27)22-16(3)18-13-17(28-4)10-11-20(18)29-22/h6-11,13H,5,12,14H2,1-4H3,(H,24,26). The number of carbonyl (C=O) groups excluding carboxylic acids is 2. The van der Waals surface area contributed by atoms with Crippen LogP contribution in [0.1, 0.15) is 35.0 Å². The van der Waals surface area contributed by atoms with Gasteiger partial charge in [-0.2, -0.15) is 0 Å². The summed E-state index contributed by atoms with van der Waals surface area (Å²) in [6.07, 6.45) is 0.733. The zero-order chi connectivity index (χ0) is 21.0. The highest BCUT2D eigenvalue weighted by Gasteiger charge is 2.25. The Morgan fingerprint density at radius 2 is 1.90 bits per heavy atom. The van der Waals surface area contributed by atoms with Crippen molar-refractivity contribution in [2.75, 3.05) is 25.5 Å². The molecule has 0 saturated heterocycles. The molecule has 0 bridgehead atoms. The number of para-hydroxylation sites is 1. The van der Waals surface area contributed by atoms with Crippen LogP contribution in [0.3, 0.4) is 0 Å². The van der Waals surface area contributed by atoms with Gasteiger partial charge in [0.2, 0.25) is 5.91 Å². The molecule has 29 heavy (non-hydrogen) atoms. The highest BCUT2D eigenvalue weighted by Crippen LogP contribution is 2.29. The van der Waals surface area contributed by atoms with Crippen LogP contribution < -0.4 is 10.1 Å².